The lowest BCUT2D eigenvalue weighted by atomic mass is 10.2. The number of halogens is 1. The van der Waals surface area contributed by atoms with Crippen LogP contribution in [0.25, 0.3) is 0 Å². The van der Waals surface area contributed by atoms with Gasteiger partial charge in [0.2, 0.25) is 0 Å². The van der Waals surface area contributed by atoms with Gasteiger partial charge in [-0.15, -0.1) is 0 Å². The van der Waals surface area contributed by atoms with Crippen molar-refractivity contribution in [3.8, 4) is 0 Å². The molecule has 0 saturated heterocycles. The molecule has 0 aliphatic rings. The van der Waals surface area contributed by atoms with Gasteiger partial charge < -0.3 is 0 Å². The summed E-state index contributed by atoms with van der Waals surface area (Å²) in [6.45, 7) is 0. The van der Waals surface area contributed by atoms with E-state index in [-0.39, 0.29) is 0 Å². The summed E-state index contributed by atoms with van der Waals surface area (Å²) >= 11 is 3.94. The van der Waals surface area contributed by atoms with Crippen LogP contribution >= 0.6 is 23.3 Å². The molecule has 0 amide bonds. The summed E-state index contributed by atoms with van der Waals surface area (Å²) in [6.07, 6.45) is 2.34. The smallest absolute Gasteiger partial charge is 0.0116 e. The summed E-state index contributed by atoms with van der Waals surface area (Å²) in [4.78, 5) is 0. The molecular formula is C15H17BrS. The first kappa shape index (κ1) is 12.7. The Kier molecular flexibility index (Phi) is 4.30. The van der Waals surface area contributed by atoms with Crippen molar-refractivity contribution in [2.75, 3.05) is 6.26 Å². The molecule has 90 valence electrons. The van der Waals surface area contributed by atoms with Gasteiger partial charge in [-0.05, 0) is 32.2 Å². The highest BCUT2D eigenvalue weighted by molar-refractivity contribution is 9.57. The molecule has 0 nitrogen and oxygen atoms in total. The van der Waals surface area contributed by atoms with Crippen LogP contribution in [0.1, 0.15) is 11.1 Å². The van der Waals surface area contributed by atoms with Crippen LogP contribution in [0.5, 0.6) is 0 Å². The predicted molar refractivity (Wildman–Crippen MR) is 82.7 cm³/mol. The molecule has 0 aliphatic carbocycles. The Bertz CT molecular complexity index is 407. The topological polar surface area (TPSA) is 0 Å². The second-order valence-corrected chi connectivity index (χ2v) is 12.0. The highest BCUT2D eigenvalue weighted by Crippen LogP contribution is 2.57. The monoisotopic (exact) mass is 308 g/mol. The van der Waals surface area contributed by atoms with E-state index in [9.17, 15) is 0 Å². The first-order valence-corrected chi connectivity index (χ1v) is 9.89. The molecule has 0 unspecified atom stereocenters. The molecule has 0 aromatic heterocycles. The van der Waals surface area contributed by atoms with E-state index >= 15 is 0 Å². The largest absolute Gasteiger partial charge is 0.178 e. The average molecular weight is 309 g/mol. The maximum Gasteiger partial charge on any atom is 0.0116 e. The Hall–Kier alpha value is -0.730. The summed E-state index contributed by atoms with van der Waals surface area (Å²) in [5.41, 5.74) is 2.83. The normalized spacial score (nSPS) is 12.4. The quantitative estimate of drug-likeness (QED) is 0.734. The lowest BCUT2D eigenvalue weighted by Gasteiger charge is -2.28. The molecule has 17 heavy (non-hydrogen) atoms. The highest BCUT2D eigenvalue weighted by Gasteiger charge is 2.15. The summed E-state index contributed by atoms with van der Waals surface area (Å²) in [5.74, 6) is 2.26. The van der Waals surface area contributed by atoms with Crippen molar-refractivity contribution in [2.24, 2.45) is 0 Å². The van der Waals surface area contributed by atoms with Gasteiger partial charge in [0, 0.05) is 11.5 Å². The zero-order valence-electron chi connectivity index (χ0n) is 9.97. The molecular weight excluding hydrogens is 292 g/mol. The van der Waals surface area contributed by atoms with Gasteiger partial charge in [0.05, 0.1) is 0 Å². The lowest BCUT2D eigenvalue weighted by Crippen LogP contribution is -1.98. The molecule has 2 rings (SSSR count). The lowest BCUT2D eigenvalue weighted by molar-refractivity contribution is 1.34. The Balaban J connectivity index is 2.04. The molecule has 0 aliphatic heterocycles. The minimum Gasteiger partial charge on any atom is -0.178 e. The summed E-state index contributed by atoms with van der Waals surface area (Å²) in [7, 11) is -0.775. The van der Waals surface area contributed by atoms with E-state index in [4.69, 9.17) is 0 Å². The molecule has 2 aromatic carbocycles. The van der Waals surface area contributed by atoms with Crippen LogP contribution in [-0.2, 0) is 11.5 Å². The van der Waals surface area contributed by atoms with E-state index in [1.807, 2.05) is 0 Å². The van der Waals surface area contributed by atoms with Crippen LogP contribution in [-0.4, -0.2) is 6.26 Å². The summed E-state index contributed by atoms with van der Waals surface area (Å²) in [6, 6.07) is 21.4. The Morgan fingerprint density at radius 2 is 1.12 bits per heavy atom. The van der Waals surface area contributed by atoms with Gasteiger partial charge in [-0.3, -0.25) is 0 Å². The van der Waals surface area contributed by atoms with Crippen molar-refractivity contribution in [3.05, 3.63) is 71.8 Å². The summed E-state index contributed by atoms with van der Waals surface area (Å²) < 4.78 is 0. The number of rotatable bonds is 4. The SMILES string of the molecule is CS(Br)(Cc1ccccc1)Cc1ccccc1. The Labute approximate surface area is 113 Å². The van der Waals surface area contributed by atoms with Gasteiger partial charge in [-0.2, -0.15) is 8.46 Å². The molecule has 0 heterocycles. The van der Waals surface area contributed by atoms with Gasteiger partial charge in [0.25, 0.3) is 0 Å². The van der Waals surface area contributed by atoms with Crippen molar-refractivity contribution < 1.29 is 0 Å². The van der Waals surface area contributed by atoms with E-state index in [0.717, 1.165) is 11.5 Å². The Morgan fingerprint density at radius 3 is 1.47 bits per heavy atom. The van der Waals surface area contributed by atoms with E-state index in [1.165, 1.54) is 11.1 Å². The van der Waals surface area contributed by atoms with Crippen LogP contribution < -0.4 is 0 Å². The van der Waals surface area contributed by atoms with Crippen LogP contribution in [0.2, 0.25) is 0 Å². The van der Waals surface area contributed by atoms with E-state index in [2.05, 4.69) is 81.7 Å². The molecule has 2 heteroatoms. The van der Waals surface area contributed by atoms with Gasteiger partial charge in [0.1, 0.15) is 0 Å². The zero-order valence-corrected chi connectivity index (χ0v) is 12.4. The average Bonchev–Trinajstić information content (AvgIpc) is 2.30. The third-order valence-electron chi connectivity index (χ3n) is 2.62. The number of benzene rings is 2. The molecule has 0 fully saturated rings. The fraction of sp³-hybridized carbons (Fsp3) is 0.200. The predicted octanol–water partition coefficient (Wildman–Crippen LogP) is 5.13. The maximum atomic E-state index is 3.94. The third-order valence-corrected chi connectivity index (χ3v) is 5.86. The minimum atomic E-state index is -0.775. The van der Waals surface area contributed by atoms with E-state index in [0.29, 0.717) is 0 Å². The molecule has 0 N–H and O–H groups in total. The van der Waals surface area contributed by atoms with Gasteiger partial charge in [-0.25, -0.2) is 0 Å². The Morgan fingerprint density at radius 1 is 0.765 bits per heavy atom. The zero-order chi connectivity index (χ0) is 12.1. The summed E-state index contributed by atoms with van der Waals surface area (Å²) in [5, 5.41) is 0. The van der Waals surface area contributed by atoms with E-state index in [1.54, 1.807) is 0 Å². The second-order valence-electron chi connectivity index (χ2n) is 4.41. The molecule has 0 bridgehead atoms. The van der Waals surface area contributed by atoms with Crippen LogP contribution in [0.3, 0.4) is 0 Å². The second kappa shape index (κ2) is 5.74. The first-order chi connectivity index (χ1) is 8.16. The van der Waals surface area contributed by atoms with Crippen molar-refractivity contribution in [2.45, 2.75) is 11.5 Å². The van der Waals surface area contributed by atoms with Crippen LogP contribution in [0.15, 0.2) is 60.7 Å². The van der Waals surface area contributed by atoms with Crippen molar-refractivity contribution in [3.63, 3.8) is 0 Å². The van der Waals surface area contributed by atoms with Crippen LogP contribution in [0.4, 0.5) is 0 Å². The molecule has 2 aromatic rings. The molecule has 0 saturated carbocycles. The minimum absolute atomic E-state index is 0.775. The number of hydrogen-bond acceptors (Lipinski definition) is 0. The standard InChI is InChI=1S/C15H17BrS/c1-17(16,12-14-8-4-2-5-9-14)13-15-10-6-3-7-11-15/h2-11H,12-13H2,1H3. The fourth-order valence-electron chi connectivity index (χ4n) is 1.89. The molecule has 0 radical (unpaired) electrons. The van der Waals surface area contributed by atoms with E-state index < -0.39 is 8.46 Å². The van der Waals surface area contributed by atoms with Crippen molar-refractivity contribution in [1.29, 1.82) is 0 Å². The molecule has 0 atom stereocenters. The third kappa shape index (κ3) is 4.21. The van der Waals surface area contributed by atoms with Crippen LogP contribution in [0, 0.1) is 0 Å². The van der Waals surface area contributed by atoms with Crippen molar-refractivity contribution >= 4 is 23.3 Å². The maximum absolute atomic E-state index is 3.94. The van der Waals surface area contributed by atoms with Gasteiger partial charge >= 0.3 is 0 Å². The van der Waals surface area contributed by atoms with Crippen molar-refractivity contribution in [1.82, 2.24) is 0 Å². The van der Waals surface area contributed by atoms with Gasteiger partial charge in [0.15, 0.2) is 0 Å². The highest BCUT2D eigenvalue weighted by atomic mass is 79.9. The van der Waals surface area contributed by atoms with Gasteiger partial charge in [-0.1, -0.05) is 60.7 Å². The first-order valence-electron chi connectivity index (χ1n) is 5.67. The molecule has 0 spiro atoms. The number of hydrogen-bond donors (Lipinski definition) is 0. The fourth-order valence-corrected chi connectivity index (χ4v) is 5.36.